The Kier molecular flexibility index (Phi) is 4.83. The third-order valence-corrected chi connectivity index (χ3v) is 5.05. The standard InChI is InChI=1S/C11H14FNO4S2/c1-18(14,15)10-2-4-11(5-3-10)19(16,17)8-9(12)6-7-13/h2-6H,7-8,13H2,1H3/b9-6-. The van der Waals surface area contributed by atoms with E-state index in [4.69, 9.17) is 5.73 Å². The predicted octanol–water partition coefficient (Wildman–Crippen LogP) is 0.676. The number of nitrogens with two attached hydrogens (primary N) is 1. The van der Waals surface area contributed by atoms with E-state index in [9.17, 15) is 21.2 Å². The van der Waals surface area contributed by atoms with E-state index < -0.39 is 31.3 Å². The van der Waals surface area contributed by atoms with Gasteiger partial charge in [-0.1, -0.05) is 0 Å². The van der Waals surface area contributed by atoms with E-state index in [0.29, 0.717) is 0 Å². The van der Waals surface area contributed by atoms with Gasteiger partial charge in [-0.05, 0) is 30.3 Å². The molecule has 106 valence electrons. The van der Waals surface area contributed by atoms with Gasteiger partial charge in [0.15, 0.2) is 19.7 Å². The van der Waals surface area contributed by atoms with Gasteiger partial charge in [-0.15, -0.1) is 0 Å². The summed E-state index contributed by atoms with van der Waals surface area (Å²) >= 11 is 0. The molecule has 0 spiro atoms. The zero-order valence-corrected chi connectivity index (χ0v) is 11.8. The number of halogens is 1. The molecule has 0 saturated carbocycles. The van der Waals surface area contributed by atoms with Gasteiger partial charge < -0.3 is 5.73 Å². The second kappa shape index (κ2) is 5.81. The first-order valence-electron chi connectivity index (χ1n) is 5.24. The van der Waals surface area contributed by atoms with Crippen molar-refractivity contribution in [3.8, 4) is 0 Å². The van der Waals surface area contributed by atoms with Gasteiger partial charge in [0, 0.05) is 12.8 Å². The summed E-state index contributed by atoms with van der Waals surface area (Å²) in [6, 6.07) is 4.63. The molecule has 0 aliphatic heterocycles. The summed E-state index contributed by atoms with van der Waals surface area (Å²) < 4.78 is 59.2. The van der Waals surface area contributed by atoms with E-state index in [1.165, 1.54) is 12.1 Å². The predicted molar refractivity (Wildman–Crippen MR) is 69.9 cm³/mol. The average Bonchev–Trinajstić information content (AvgIpc) is 2.27. The van der Waals surface area contributed by atoms with Crippen LogP contribution >= 0.6 is 0 Å². The maximum Gasteiger partial charge on any atom is 0.184 e. The Labute approximate surface area is 111 Å². The second-order valence-corrected chi connectivity index (χ2v) is 7.89. The fraction of sp³-hybridized carbons (Fsp3) is 0.273. The quantitative estimate of drug-likeness (QED) is 0.863. The van der Waals surface area contributed by atoms with Crippen molar-refractivity contribution >= 4 is 19.7 Å². The van der Waals surface area contributed by atoms with Gasteiger partial charge in [0.05, 0.1) is 9.79 Å². The first kappa shape index (κ1) is 15.8. The van der Waals surface area contributed by atoms with Crippen molar-refractivity contribution in [1.82, 2.24) is 0 Å². The van der Waals surface area contributed by atoms with Crippen LogP contribution < -0.4 is 5.73 Å². The topological polar surface area (TPSA) is 94.3 Å². The zero-order valence-electron chi connectivity index (χ0n) is 10.2. The fourth-order valence-corrected chi connectivity index (χ4v) is 3.17. The van der Waals surface area contributed by atoms with E-state index in [1.54, 1.807) is 0 Å². The molecule has 0 atom stereocenters. The smallest absolute Gasteiger partial charge is 0.184 e. The van der Waals surface area contributed by atoms with Gasteiger partial charge in [0.1, 0.15) is 11.6 Å². The lowest BCUT2D eigenvalue weighted by Crippen LogP contribution is -2.09. The minimum atomic E-state index is -3.84. The molecule has 2 N–H and O–H groups in total. The maximum absolute atomic E-state index is 13.2. The number of hydrogen-bond donors (Lipinski definition) is 1. The van der Waals surface area contributed by atoms with Crippen LogP contribution in [0.25, 0.3) is 0 Å². The van der Waals surface area contributed by atoms with Crippen LogP contribution in [0.2, 0.25) is 0 Å². The number of hydrogen-bond acceptors (Lipinski definition) is 5. The van der Waals surface area contributed by atoms with Gasteiger partial charge in [-0.25, -0.2) is 21.2 Å². The van der Waals surface area contributed by atoms with Crippen LogP contribution in [0, 0.1) is 0 Å². The Balaban J connectivity index is 3.07. The van der Waals surface area contributed by atoms with Crippen LogP contribution in [0.4, 0.5) is 4.39 Å². The lowest BCUT2D eigenvalue weighted by molar-refractivity contribution is 0.582. The molecule has 8 heteroatoms. The lowest BCUT2D eigenvalue weighted by atomic mass is 10.4. The highest BCUT2D eigenvalue weighted by Crippen LogP contribution is 2.17. The van der Waals surface area contributed by atoms with Crippen LogP contribution in [-0.2, 0) is 19.7 Å². The van der Waals surface area contributed by atoms with Crippen LogP contribution in [0.1, 0.15) is 0 Å². The van der Waals surface area contributed by atoms with Crippen molar-refractivity contribution in [3.05, 3.63) is 36.2 Å². The molecular weight excluding hydrogens is 293 g/mol. The highest BCUT2D eigenvalue weighted by molar-refractivity contribution is 7.91. The van der Waals surface area contributed by atoms with Gasteiger partial charge >= 0.3 is 0 Å². The molecule has 0 saturated heterocycles. The van der Waals surface area contributed by atoms with Crippen molar-refractivity contribution in [2.45, 2.75) is 9.79 Å². The van der Waals surface area contributed by atoms with Crippen molar-refractivity contribution in [2.24, 2.45) is 5.73 Å². The summed E-state index contributed by atoms with van der Waals surface area (Å²) in [4.78, 5) is -0.134. The van der Waals surface area contributed by atoms with Crippen molar-refractivity contribution in [1.29, 1.82) is 0 Å². The van der Waals surface area contributed by atoms with Gasteiger partial charge in [-0.2, -0.15) is 0 Å². The molecule has 0 bridgehead atoms. The highest BCUT2D eigenvalue weighted by Gasteiger charge is 2.17. The molecule has 5 nitrogen and oxygen atoms in total. The normalized spacial score (nSPS) is 13.5. The van der Waals surface area contributed by atoms with Gasteiger partial charge in [0.25, 0.3) is 0 Å². The second-order valence-electron chi connectivity index (χ2n) is 3.89. The molecular formula is C11H14FNO4S2. The molecule has 0 aliphatic carbocycles. The molecule has 0 amide bonds. The maximum atomic E-state index is 13.2. The largest absolute Gasteiger partial charge is 0.327 e. The van der Waals surface area contributed by atoms with Crippen molar-refractivity contribution in [3.63, 3.8) is 0 Å². The highest BCUT2D eigenvalue weighted by atomic mass is 32.2. The van der Waals surface area contributed by atoms with Gasteiger partial charge in [0.2, 0.25) is 0 Å². The molecule has 0 fully saturated rings. The number of rotatable bonds is 5. The Morgan fingerprint density at radius 2 is 1.63 bits per heavy atom. The zero-order chi connectivity index (χ0) is 14.7. The third-order valence-electron chi connectivity index (χ3n) is 2.28. The molecule has 19 heavy (non-hydrogen) atoms. The van der Waals surface area contributed by atoms with Crippen LogP contribution in [-0.4, -0.2) is 35.4 Å². The molecule has 0 aliphatic rings. The van der Waals surface area contributed by atoms with E-state index in [2.05, 4.69) is 0 Å². The number of benzene rings is 1. The molecule has 0 heterocycles. The minimum Gasteiger partial charge on any atom is -0.327 e. The van der Waals surface area contributed by atoms with Crippen LogP contribution in [0.3, 0.4) is 0 Å². The Hall–Kier alpha value is -1.25. The van der Waals surface area contributed by atoms with E-state index in [1.807, 2.05) is 0 Å². The lowest BCUT2D eigenvalue weighted by Gasteiger charge is -2.04. The summed E-state index contributed by atoms with van der Waals surface area (Å²) in [5.41, 5.74) is 5.08. The molecule has 0 unspecified atom stereocenters. The summed E-state index contributed by atoms with van der Waals surface area (Å²) in [6.45, 7) is -0.0889. The SMILES string of the molecule is CS(=O)(=O)c1ccc(S(=O)(=O)C/C(F)=C/CN)cc1. The van der Waals surface area contributed by atoms with Crippen molar-refractivity contribution < 1.29 is 21.2 Å². The molecule has 1 aromatic rings. The summed E-state index contributed by atoms with van der Waals surface area (Å²) in [5, 5.41) is 0. The Bertz CT molecular complexity index is 676. The molecule has 0 radical (unpaired) electrons. The van der Waals surface area contributed by atoms with E-state index in [-0.39, 0.29) is 16.3 Å². The summed E-state index contributed by atoms with van der Waals surface area (Å²) in [7, 11) is -7.23. The third kappa shape index (κ3) is 4.41. The van der Waals surface area contributed by atoms with Crippen LogP contribution in [0.5, 0.6) is 0 Å². The molecule has 1 aromatic carbocycles. The fourth-order valence-electron chi connectivity index (χ4n) is 1.35. The van der Waals surface area contributed by atoms with Gasteiger partial charge in [-0.3, -0.25) is 0 Å². The first-order valence-corrected chi connectivity index (χ1v) is 8.78. The Morgan fingerprint density at radius 1 is 1.16 bits per heavy atom. The minimum absolute atomic E-state index is 0.00409. The molecule has 1 rings (SSSR count). The van der Waals surface area contributed by atoms with Crippen LogP contribution in [0.15, 0.2) is 46.0 Å². The van der Waals surface area contributed by atoms with E-state index >= 15 is 0 Å². The summed E-state index contributed by atoms with van der Waals surface area (Å²) in [6.07, 6.45) is 1.99. The van der Waals surface area contributed by atoms with Crippen molar-refractivity contribution in [2.75, 3.05) is 18.6 Å². The Morgan fingerprint density at radius 3 is 2.05 bits per heavy atom. The monoisotopic (exact) mass is 307 g/mol. The van der Waals surface area contributed by atoms with E-state index in [0.717, 1.165) is 24.5 Å². The first-order chi connectivity index (χ1) is 8.66. The summed E-state index contributed by atoms with van der Waals surface area (Å²) in [5.74, 6) is -1.63. The average molecular weight is 307 g/mol. The molecule has 0 aromatic heterocycles. The number of sulfone groups is 2.